The van der Waals surface area contributed by atoms with Gasteiger partial charge in [-0.05, 0) is 41.6 Å². The molecular formula is C31H27F5N6O4S. The molecule has 0 radical (unpaired) electrons. The van der Waals surface area contributed by atoms with Gasteiger partial charge in [0.15, 0.2) is 5.82 Å². The molecule has 0 unspecified atom stereocenters. The van der Waals surface area contributed by atoms with E-state index in [1.54, 1.807) is 17.5 Å². The first-order chi connectivity index (χ1) is 22.4. The van der Waals surface area contributed by atoms with E-state index in [0.717, 1.165) is 6.07 Å². The highest BCUT2D eigenvalue weighted by Crippen LogP contribution is 2.39. The Morgan fingerprint density at radius 1 is 1.13 bits per heavy atom. The van der Waals surface area contributed by atoms with Gasteiger partial charge in [0.1, 0.15) is 29.5 Å². The number of carboxylic acids is 1. The number of amides is 1. The lowest BCUT2D eigenvalue weighted by Crippen LogP contribution is -2.43. The van der Waals surface area contributed by atoms with Crippen molar-refractivity contribution in [1.29, 1.82) is 0 Å². The largest absolute Gasteiger partial charge is 0.480 e. The van der Waals surface area contributed by atoms with Gasteiger partial charge in [-0.25, -0.2) is 41.7 Å². The van der Waals surface area contributed by atoms with E-state index in [1.807, 2.05) is 0 Å². The molecule has 2 fully saturated rings. The van der Waals surface area contributed by atoms with Gasteiger partial charge in [-0.15, -0.1) is 11.3 Å². The molecule has 2 aliphatic rings. The van der Waals surface area contributed by atoms with Crippen LogP contribution in [0.3, 0.4) is 0 Å². The predicted octanol–water partition coefficient (Wildman–Crippen LogP) is 5.79. The minimum absolute atomic E-state index is 0.0298. The number of carbonyl (C=O) groups is 2. The topological polar surface area (TPSA) is 135 Å². The molecule has 0 saturated carbocycles. The highest BCUT2D eigenvalue weighted by Gasteiger charge is 2.41. The molecule has 2 saturated heterocycles. The van der Waals surface area contributed by atoms with Crippen molar-refractivity contribution >= 4 is 34.7 Å². The van der Waals surface area contributed by atoms with Crippen LogP contribution in [0.15, 0.2) is 54.0 Å². The summed E-state index contributed by atoms with van der Waals surface area (Å²) in [4.78, 5) is 39.4. The summed E-state index contributed by atoms with van der Waals surface area (Å²) in [5, 5.41) is 11.8. The van der Waals surface area contributed by atoms with E-state index in [9.17, 15) is 36.6 Å². The maximum Gasteiger partial charge on any atom is 0.326 e. The molecule has 0 spiro atoms. The van der Waals surface area contributed by atoms with Gasteiger partial charge in [0.2, 0.25) is 5.88 Å². The summed E-state index contributed by atoms with van der Waals surface area (Å²) in [7, 11) is 0. The van der Waals surface area contributed by atoms with Gasteiger partial charge < -0.3 is 25.4 Å². The number of piperidine rings is 1. The molecule has 2 atom stereocenters. The quantitative estimate of drug-likeness (QED) is 0.212. The minimum atomic E-state index is -3.01. The second-order valence-corrected chi connectivity index (χ2v) is 12.2. The first-order valence-electron chi connectivity index (χ1n) is 14.5. The van der Waals surface area contributed by atoms with Gasteiger partial charge in [0, 0.05) is 37.2 Å². The summed E-state index contributed by atoms with van der Waals surface area (Å²) < 4.78 is 77.4. The van der Waals surface area contributed by atoms with Gasteiger partial charge in [-0.2, -0.15) is 0 Å². The Balaban J connectivity index is 1.34. The maximum atomic E-state index is 14.6. The molecule has 6 rings (SSSR count). The van der Waals surface area contributed by atoms with Gasteiger partial charge in [-0.3, -0.25) is 4.79 Å². The molecule has 1 aromatic carbocycles. The molecule has 246 valence electrons. The summed E-state index contributed by atoms with van der Waals surface area (Å²) in [5.41, 5.74) is 5.92. The molecule has 47 heavy (non-hydrogen) atoms. The fourth-order valence-electron chi connectivity index (χ4n) is 5.76. The lowest BCUT2D eigenvalue weighted by atomic mass is 10.0. The first-order valence-corrected chi connectivity index (χ1v) is 15.4. The van der Waals surface area contributed by atoms with E-state index in [0.29, 0.717) is 16.0 Å². The third kappa shape index (κ3) is 6.82. The number of ether oxygens (including phenoxy) is 1. The van der Waals surface area contributed by atoms with Crippen LogP contribution in [0.1, 0.15) is 41.9 Å². The molecule has 0 aliphatic carbocycles. The average molecular weight is 675 g/mol. The second-order valence-electron chi connectivity index (χ2n) is 11.2. The van der Waals surface area contributed by atoms with Crippen LogP contribution in [-0.4, -0.2) is 69.6 Å². The van der Waals surface area contributed by atoms with E-state index < -0.39 is 54.6 Å². The zero-order valence-corrected chi connectivity index (χ0v) is 25.3. The van der Waals surface area contributed by atoms with Crippen molar-refractivity contribution in [3.63, 3.8) is 0 Å². The van der Waals surface area contributed by atoms with Crippen LogP contribution in [0.4, 0.5) is 33.5 Å². The number of hydrogen-bond acceptors (Lipinski definition) is 9. The Morgan fingerprint density at radius 2 is 1.94 bits per heavy atom. The fourth-order valence-corrected chi connectivity index (χ4v) is 6.44. The number of carboxylic acid groups (broad SMARTS) is 1. The third-order valence-corrected chi connectivity index (χ3v) is 8.84. The van der Waals surface area contributed by atoms with Gasteiger partial charge in [-0.1, -0.05) is 12.1 Å². The van der Waals surface area contributed by atoms with Gasteiger partial charge in [0.05, 0.1) is 29.2 Å². The molecule has 3 aromatic heterocycles. The second kappa shape index (κ2) is 12.7. The van der Waals surface area contributed by atoms with Crippen LogP contribution in [0.2, 0.25) is 0 Å². The summed E-state index contributed by atoms with van der Waals surface area (Å²) in [6, 6.07) is 8.89. The van der Waals surface area contributed by atoms with E-state index in [2.05, 4.69) is 15.0 Å². The van der Waals surface area contributed by atoms with Crippen LogP contribution in [0.25, 0.3) is 21.7 Å². The van der Waals surface area contributed by atoms with Crippen molar-refractivity contribution < 1.29 is 41.4 Å². The molecule has 10 nitrogen and oxygen atoms in total. The van der Waals surface area contributed by atoms with E-state index in [-0.39, 0.29) is 61.0 Å². The summed E-state index contributed by atoms with van der Waals surface area (Å²) in [5.74, 6) is -6.92. The van der Waals surface area contributed by atoms with Gasteiger partial charge in [0.25, 0.3) is 18.3 Å². The van der Waals surface area contributed by atoms with Crippen molar-refractivity contribution in [1.82, 2.24) is 15.0 Å². The number of nitrogens with zero attached hydrogens (tertiary/aromatic N) is 5. The number of aliphatic carboxylic acids is 1. The Bertz CT molecular complexity index is 1810. The first kappa shape index (κ1) is 32.1. The Labute approximate surface area is 268 Å². The number of hydrogen-bond donors (Lipinski definition) is 2. The predicted molar refractivity (Wildman–Crippen MR) is 163 cm³/mol. The average Bonchev–Trinajstić information content (AvgIpc) is 3.71. The number of carbonyl (C=O) groups excluding carboxylic acids is 1. The van der Waals surface area contributed by atoms with Crippen LogP contribution in [0.5, 0.6) is 5.88 Å². The molecule has 2 aliphatic heterocycles. The molecule has 0 bridgehead atoms. The number of pyridine rings is 1. The summed E-state index contributed by atoms with van der Waals surface area (Å²) >= 11 is 1.27. The fraction of sp³-hybridized carbons (Fsp3) is 0.323. The van der Waals surface area contributed by atoms with Crippen molar-refractivity contribution in [3.05, 3.63) is 71.2 Å². The lowest BCUT2D eigenvalue weighted by Gasteiger charge is -2.35. The standard InChI is InChI=1S/C31H27F5N6O4S/c32-20-9-16(4-5-19(20)27(37)43)17-10-22(41-7-2-6-31(35,36)15-41)29(38-13-17)46-18-11-23(30(44)45)42(14-18)25-12-21(24-3-1-8-47-24)39-28(40-25)26(33)34/h1,3-5,8-10,12-13,18,23,26H,2,6-7,11,14-15H2,(H2,37,43)(H,44,45)/t18-,23-/m0/s1. The Morgan fingerprint density at radius 3 is 2.60 bits per heavy atom. The highest BCUT2D eigenvalue weighted by molar-refractivity contribution is 7.13. The molecular weight excluding hydrogens is 647 g/mol. The van der Waals surface area contributed by atoms with Crippen LogP contribution in [-0.2, 0) is 4.79 Å². The highest BCUT2D eigenvalue weighted by atomic mass is 32.1. The molecule has 3 N–H and O–H groups in total. The third-order valence-electron chi connectivity index (χ3n) is 7.95. The molecule has 16 heteroatoms. The van der Waals surface area contributed by atoms with E-state index in [1.165, 1.54) is 51.6 Å². The zero-order valence-electron chi connectivity index (χ0n) is 24.5. The lowest BCUT2D eigenvalue weighted by molar-refractivity contribution is -0.138. The van der Waals surface area contributed by atoms with Crippen molar-refractivity contribution in [3.8, 4) is 27.6 Å². The normalized spacial score (nSPS) is 19.3. The van der Waals surface area contributed by atoms with Crippen LogP contribution < -0.4 is 20.3 Å². The number of halogens is 5. The van der Waals surface area contributed by atoms with Gasteiger partial charge >= 0.3 is 5.97 Å². The van der Waals surface area contributed by atoms with Crippen molar-refractivity contribution in [2.75, 3.05) is 29.4 Å². The van der Waals surface area contributed by atoms with Crippen LogP contribution >= 0.6 is 11.3 Å². The Hall–Kier alpha value is -4.86. The number of nitrogens with two attached hydrogens (primary N) is 1. The number of aromatic nitrogens is 3. The van der Waals surface area contributed by atoms with Crippen LogP contribution in [0, 0.1) is 5.82 Å². The summed E-state index contributed by atoms with van der Waals surface area (Å²) in [6.07, 6.45) is -2.77. The number of anilines is 2. The van der Waals surface area contributed by atoms with E-state index in [4.69, 9.17) is 10.5 Å². The zero-order chi connectivity index (χ0) is 33.5. The maximum absolute atomic E-state index is 14.6. The number of thiophene rings is 1. The van der Waals surface area contributed by atoms with E-state index >= 15 is 0 Å². The number of primary amides is 1. The van der Waals surface area contributed by atoms with Crippen molar-refractivity contribution in [2.45, 2.75) is 43.8 Å². The smallest absolute Gasteiger partial charge is 0.326 e. The number of alkyl halides is 4. The Kier molecular flexibility index (Phi) is 8.70. The monoisotopic (exact) mass is 674 g/mol. The molecule has 4 aromatic rings. The molecule has 1 amide bonds. The number of rotatable bonds is 9. The SMILES string of the molecule is NC(=O)c1ccc(-c2cnc(O[C@H]3C[C@@H](C(=O)O)N(c4cc(-c5cccs5)nc(C(F)F)n4)C3)c(N3CCCC(F)(F)C3)c2)cc1F. The number of benzene rings is 1. The van der Waals surface area contributed by atoms with Crippen molar-refractivity contribution in [2.24, 2.45) is 5.73 Å². The minimum Gasteiger partial charge on any atom is -0.480 e. The molecule has 5 heterocycles. The summed E-state index contributed by atoms with van der Waals surface area (Å²) in [6.45, 7) is -0.496.